The summed E-state index contributed by atoms with van der Waals surface area (Å²) >= 11 is 0. The highest BCUT2D eigenvalue weighted by Crippen LogP contribution is 2.34. The monoisotopic (exact) mass is 308 g/mol. The fraction of sp³-hybridized carbons (Fsp3) is 0.188. The van der Waals surface area contributed by atoms with Crippen molar-refractivity contribution in [1.82, 2.24) is 5.43 Å². The Bertz CT molecular complexity index is 676. The second-order valence-electron chi connectivity index (χ2n) is 5.00. The number of anilines is 1. The van der Waals surface area contributed by atoms with Crippen molar-refractivity contribution in [1.29, 1.82) is 0 Å². The van der Waals surface area contributed by atoms with Gasteiger partial charge in [0.05, 0.1) is 11.3 Å². The van der Waals surface area contributed by atoms with Gasteiger partial charge in [0.25, 0.3) is 5.91 Å². The predicted molar refractivity (Wildman–Crippen MR) is 78.4 cm³/mol. The maximum atomic E-state index is 12.8. The summed E-state index contributed by atoms with van der Waals surface area (Å²) in [6.45, 7) is 3.69. The number of alkyl halides is 3. The van der Waals surface area contributed by atoms with Crippen LogP contribution in [0, 0.1) is 13.8 Å². The molecule has 2 N–H and O–H groups in total. The maximum absolute atomic E-state index is 12.8. The van der Waals surface area contributed by atoms with E-state index >= 15 is 0 Å². The minimum absolute atomic E-state index is 0.201. The van der Waals surface area contributed by atoms with Crippen molar-refractivity contribution in [3.63, 3.8) is 0 Å². The second kappa shape index (κ2) is 6.09. The molecule has 0 spiro atoms. The van der Waals surface area contributed by atoms with E-state index in [1.807, 2.05) is 19.9 Å². The van der Waals surface area contributed by atoms with Crippen LogP contribution in [0.25, 0.3) is 0 Å². The first-order chi connectivity index (χ1) is 10.3. The van der Waals surface area contributed by atoms with Crippen LogP contribution in [-0.4, -0.2) is 5.91 Å². The van der Waals surface area contributed by atoms with Gasteiger partial charge in [-0.2, -0.15) is 13.2 Å². The molecule has 116 valence electrons. The van der Waals surface area contributed by atoms with Crippen LogP contribution in [0.15, 0.2) is 42.5 Å². The Hall–Kier alpha value is -2.50. The first-order valence-electron chi connectivity index (χ1n) is 6.58. The molecule has 0 aliphatic carbocycles. The number of carbonyl (C=O) groups excluding carboxylic acids is 1. The summed E-state index contributed by atoms with van der Waals surface area (Å²) in [6.07, 6.45) is -4.49. The zero-order valence-electron chi connectivity index (χ0n) is 12.1. The van der Waals surface area contributed by atoms with E-state index < -0.39 is 17.6 Å². The van der Waals surface area contributed by atoms with Crippen LogP contribution in [0.3, 0.4) is 0 Å². The molecule has 0 radical (unpaired) electrons. The van der Waals surface area contributed by atoms with Gasteiger partial charge in [-0.15, -0.1) is 0 Å². The number of amides is 1. The molecule has 22 heavy (non-hydrogen) atoms. The fourth-order valence-corrected chi connectivity index (χ4v) is 2.14. The van der Waals surface area contributed by atoms with Crippen molar-refractivity contribution in [2.75, 3.05) is 5.43 Å². The van der Waals surface area contributed by atoms with Gasteiger partial charge in [-0.25, -0.2) is 0 Å². The van der Waals surface area contributed by atoms with Crippen molar-refractivity contribution < 1.29 is 18.0 Å². The highest BCUT2D eigenvalue weighted by molar-refractivity contribution is 5.95. The molecule has 0 fully saturated rings. The smallest absolute Gasteiger partial charge is 0.298 e. The number of hydrogen-bond acceptors (Lipinski definition) is 2. The predicted octanol–water partition coefficient (Wildman–Crippen LogP) is 4.08. The second-order valence-corrected chi connectivity index (χ2v) is 5.00. The van der Waals surface area contributed by atoms with Gasteiger partial charge in [0.1, 0.15) is 0 Å². The van der Waals surface area contributed by atoms with Gasteiger partial charge in [0, 0.05) is 5.56 Å². The summed E-state index contributed by atoms with van der Waals surface area (Å²) in [5.41, 5.74) is 5.78. The van der Waals surface area contributed by atoms with Gasteiger partial charge >= 0.3 is 6.18 Å². The molecule has 2 rings (SSSR count). The molecule has 0 unspecified atom stereocenters. The molecular weight excluding hydrogens is 293 g/mol. The Labute approximate surface area is 126 Å². The Balaban J connectivity index is 2.15. The Morgan fingerprint density at radius 2 is 1.59 bits per heavy atom. The lowest BCUT2D eigenvalue weighted by Crippen LogP contribution is -2.30. The SMILES string of the molecule is Cc1cc(C)cc(C(=O)NNc2ccccc2C(F)(F)F)c1. The minimum atomic E-state index is -4.49. The normalized spacial score (nSPS) is 11.1. The Kier molecular flexibility index (Phi) is 4.40. The standard InChI is InChI=1S/C16H15F3N2O/c1-10-7-11(2)9-12(8-10)15(22)21-20-14-6-4-3-5-13(14)16(17,18)19/h3-9,20H,1-2H3,(H,21,22). The van der Waals surface area contributed by atoms with E-state index in [0.29, 0.717) is 5.56 Å². The highest BCUT2D eigenvalue weighted by Gasteiger charge is 2.33. The van der Waals surface area contributed by atoms with Gasteiger partial charge in [0.2, 0.25) is 0 Å². The molecule has 1 amide bonds. The summed E-state index contributed by atoms with van der Waals surface area (Å²) in [4.78, 5) is 12.0. The van der Waals surface area contributed by atoms with E-state index in [-0.39, 0.29) is 5.69 Å². The van der Waals surface area contributed by atoms with E-state index in [2.05, 4.69) is 10.9 Å². The van der Waals surface area contributed by atoms with Crippen LogP contribution in [-0.2, 0) is 6.18 Å². The van der Waals surface area contributed by atoms with Crippen molar-refractivity contribution >= 4 is 11.6 Å². The number of aryl methyl sites for hydroxylation is 2. The number of carbonyl (C=O) groups is 1. The number of halogens is 3. The minimum Gasteiger partial charge on any atom is -0.298 e. The molecule has 2 aromatic carbocycles. The number of rotatable bonds is 3. The van der Waals surface area contributed by atoms with Gasteiger partial charge in [-0.05, 0) is 38.1 Å². The third-order valence-electron chi connectivity index (χ3n) is 3.03. The number of nitrogens with one attached hydrogen (secondary N) is 2. The molecule has 0 saturated heterocycles. The molecule has 2 aromatic rings. The lowest BCUT2D eigenvalue weighted by molar-refractivity contribution is -0.137. The summed E-state index contributed by atoms with van der Waals surface area (Å²) in [6, 6.07) is 10.2. The van der Waals surface area contributed by atoms with E-state index in [1.54, 1.807) is 12.1 Å². The molecule has 0 saturated carbocycles. The third-order valence-corrected chi connectivity index (χ3v) is 3.03. The molecule has 3 nitrogen and oxygen atoms in total. The molecule has 0 aliphatic heterocycles. The quantitative estimate of drug-likeness (QED) is 0.839. The van der Waals surface area contributed by atoms with Crippen molar-refractivity contribution in [2.45, 2.75) is 20.0 Å². The fourth-order valence-electron chi connectivity index (χ4n) is 2.14. The van der Waals surface area contributed by atoms with Crippen LogP contribution in [0.2, 0.25) is 0 Å². The molecule has 0 atom stereocenters. The molecule has 0 heterocycles. The third kappa shape index (κ3) is 3.78. The van der Waals surface area contributed by atoms with E-state index in [0.717, 1.165) is 17.2 Å². The average molecular weight is 308 g/mol. The molecular formula is C16H15F3N2O. The van der Waals surface area contributed by atoms with Gasteiger partial charge < -0.3 is 0 Å². The number of para-hydroxylation sites is 1. The topological polar surface area (TPSA) is 41.1 Å². The highest BCUT2D eigenvalue weighted by atomic mass is 19.4. The van der Waals surface area contributed by atoms with Crippen molar-refractivity contribution in [3.05, 3.63) is 64.7 Å². The first kappa shape index (κ1) is 15.9. The van der Waals surface area contributed by atoms with Crippen LogP contribution >= 0.6 is 0 Å². The van der Waals surface area contributed by atoms with Gasteiger partial charge in [-0.1, -0.05) is 29.3 Å². The zero-order chi connectivity index (χ0) is 16.3. The molecule has 0 bridgehead atoms. The largest absolute Gasteiger partial charge is 0.418 e. The van der Waals surface area contributed by atoms with E-state index in [1.165, 1.54) is 18.2 Å². The van der Waals surface area contributed by atoms with Crippen molar-refractivity contribution in [2.24, 2.45) is 0 Å². The number of benzene rings is 2. The number of hydrazine groups is 1. The summed E-state index contributed by atoms with van der Waals surface area (Å²) in [5, 5.41) is 0. The summed E-state index contributed by atoms with van der Waals surface area (Å²) in [5.74, 6) is -0.497. The molecule has 0 aromatic heterocycles. The van der Waals surface area contributed by atoms with Gasteiger partial charge in [-0.3, -0.25) is 15.6 Å². The average Bonchev–Trinajstić information content (AvgIpc) is 2.43. The first-order valence-corrected chi connectivity index (χ1v) is 6.58. The van der Waals surface area contributed by atoms with Crippen molar-refractivity contribution in [3.8, 4) is 0 Å². The lowest BCUT2D eigenvalue weighted by Gasteiger charge is -2.15. The van der Waals surface area contributed by atoms with Crippen LogP contribution < -0.4 is 10.9 Å². The summed E-state index contributed by atoms with van der Waals surface area (Å²) in [7, 11) is 0. The van der Waals surface area contributed by atoms with E-state index in [9.17, 15) is 18.0 Å². The lowest BCUT2D eigenvalue weighted by atomic mass is 10.1. The van der Waals surface area contributed by atoms with Gasteiger partial charge in [0.15, 0.2) is 0 Å². The zero-order valence-corrected chi connectivity index (χ0v) is 12.1. The number of hydrogen-bond donors (Lipinski definition) is 2. The molecule has 6 heteroatoms. The Morgan fingerprint density at radius 1 is 1.00 bits per heavy atom. The summed E-state index contributed by atoms with van der Waals surface area (Å²) < 4.78 is 38.5. The van der Waals surface area contributed by atoms with E-state index in [4.69, 9.17) is 0 Å². The Morgan fingerprint density at radius 3 is 2.18 bits per heavy atom. The maximum Gasteiger partial charge on any atom is 0.418 e. The van der Waals surface area contributed by atoms with Crippen LogP contribution in [0.4, 0.5) is 18.9 Å². The molecule has 0 aliphatic rings. The van der Waals surface area contributed by atoms with Crippen LogP contribution in [0.5, 0.6) is 0 Å². The van der Waals surface area contributed by atoms with Crippen LogP contribution in [0.1, 0.15) is 27.0 Å².